The normalized spacial score (nSPS) is 12.3. The van der Waals surface area contributed by atoms with Crippen LogP contribution in [0.25, 0.3) is 0 Å². The summed E-state index contributed by atoms with van der Waals surface area (Å²) >= 11 is 0. The summed E-state index contributed by atoms with van der Waals surface area (Å²) in [6.07, 6.45) is 10.8. The van der Waals surface area contributed by atoms with E-state index >= 15 is 0 Å². The lowest BCUT2D eigenvalue weighted by atomic mass is 10.1. The van der Waals surface area contributed by atoms with Crippen molar-refractivity contribution in [1.29, 1.82) is 0 Å². The van der Waals surface area contributed by atoms with Crippen LogP contribution in [0.2, 0.25) is 0 Å². The molecule has 0 fully saturated rings. The Morgan fingerprint density at radius 2 is 1.86 bits per heavy atom. The maximum atomic E-state index is 10.8. The molecule has 1 N–H and O–H groups in total. The topological polar surface area (TPSA) is 46.5 Å². The van der Waals surface area contributed by atoms with Crippen LogP contribution in [-0.2, 0) is 9.53 Å². The molecule has 0 aliphatic heterocycles. The average molecular weight is 300 g/mol. The summed E-state index contributed by atoms with van der Waals surface area (Å²) in [4.78, 5) is 10.8. The van der Waals surface area contributed by atoms with Crippen molar-refractivity contribution in [2.24, 2.45) is 0 Å². The second-order valence-corrected chi connectivity index (χ2v) is 4.60. The summed E-state index contributed by atoms with van der Waals surface area (Å²) in [5, 5.41) is 9.61. The van der Waals surface area contributed by atoms with Gasteiger partial charge in [0.15, 0.2) is 6.10 Å². The first kappa shape index (κ1) is 19.8. The van der Waals surface area contributed by atoms with Crippen molar-refractivity contribution in [1.82, 2.24) is 0 Å². The quantitative estimate of drug-likeness (QED) is 0.308. The van der Waals surface area contributed by atoms with Gasteiger partial charge < -0.3 is 9.84 Å². The molecule has 0 unspecified atom stereocenters. The third kappa shape index (κ3) is 12.8. The fourth-order valence-electron chi connectivity index (χ4n) is 1.53. The van der Waals surface area contributed by atoms with Gasteiger partial charge in [-0.15, -0.1) is 6.58 Å². The lowest BCUT2D eigenvalue weighted by Crippen LogP contribution is -2.10. The number of ether oxygens (including phenoxy) is 1. The molecule has 2 atom stereocenters. The second-order valence-electron chi connectivity index (χ2n) is 4.60. The molecular weight excluding hydrogens is 276 g/mol. The zero-order valence-corrected chi connectivity index (χ0v) is 13.2. The Morgan fingerprint density at radius 3 is 2.50 bits per heavy atom. The Balaban J connectivity index is 4.06. The highest BCUT2D eigenvalue weighted by Gasteiger charge is 2.01. The van der Waals surface area contributed by atoms with E-state index in [1.54, 1.807) is 6.08 Å². The van der Waals surface area contributed by atoms with Crippen LogP contribution in [0.3, 0.4) is 0 Å². The first-order chi connectivity index (χ1) is 10.6. The first-order valence-corrected chi connectivity index (χ1v) is 7.36. The average Bonchev–Trinajstić information content (AvgIpc) is 2.49. The van der Waals surface area contributed by atoms with Crippen LogP contribution in [0.1, 0.15) is 39.0 Å². The molecule has 0 aliphatic rings. The summed E-state index contributed by atoms with van der Waals surface area (Å²) in [7, 11) is 0. The van der Waals surface area contributed by atoms with Gasteiger partial charge in [0.2, 0.25) is 0 Å². The van der Waals surface area contributed by atoms with Crippen LogP contribution in [0.5, 0.6) is 0 Å². The minimum Gasteiger partial charge on any atom is -0.445 e. The maximum absolute atomic E-state index is 10.8. The first-order valence-electron chi connectivity index (χ1n) is 7.36. The molecule has 0 aromatic rings. The molecule has 0 spiro atoms. The Hall–Kier alpha value is -2.23. The van der Waals surface area contributed by atoms with Crippen molar-refractivity contribution >= 4 is 5.97 Å². The molecule has 3 nitrogen and oxygen atoms in total. The Labute approximate surface area is 133 Å². The van der Waals surface area contributed by atoms with Gasteiger partial charge in [0.1, 0.15) is 6.10 Å². The largest absolute Gasteiger partial charge is 0.445 e. The van der Waals surface area contributed by atoms with Crippen molar-refractivity contribution in [3.8, 4) is 23.7 Å². The van der Waals surface area contributed by atoms with Gasteiger partial charge in [-0.2, -0.15) is 0 Å². The van der Waals surface area contributed by atoms with Crippen molar-refractivity contribution in [2.45, 2.75) is 51.2 Å². The zero-order chi connectivity index (χ0) is 16.6. The lowest BCUT2D eigenvalue weighted by Gasteiger charge is -2.03. The fraction of sp³-hybridized carbons (Fsp3) is 0.421. The highest BCUT2D eigenvalue weighted by molar-refractivity contribution is 5.66. The van der Waals surface area contributed by atoms with E-state index in [9.17, 15) is 9.90 Å². The monoisotopic (exact) mass is 300 g/mol. The number of esters is 1. The van der Waals surface area contributed by atoms with Gasteiger partial charge in [0.25, 0.3) is 0 Å². The molecule has 0 rings (SSSR count). The summed E-state index contributed by atoms with van der Waals surface area (Å²) < 4.78 is 4.85. The molecule has 22 heavy (non-hydrogen) atoms. The van der Waals surface area contributed by atoms with E-state index in [1.807, 2.05) is 12.2 Å². The minimum absolute atomic E-state index is 0.428. The Kier molecular flexibility index (Phi) is 12.3. The van der Waals surface area contributed by atoms with Gasteiger partial charge in [0, 0.05) is 6.92 Å². The number of hydrogen-bond donors (Lipinski definition) is 1. The van der Waals surface area contributed by atoms with Gasteiger partial charge in [-0.25, -0.2) is 0 Å². The number of hydrogen-bond acceptors (Lipinski definition) is 3. The molecule has 0 saturated carbocycles. The third-order valence-electron chi connectivity index (χ3n) is 2.60. The van der Waals surface area contributed by atoms with Crippen LogP contribution in [0.4, 0.5) is 0 Å². The molecule has 0 aromatic carbocycles. The van der Waals surface area contributed by atoms with E-state index in [2.05, 4.69) is 36.8 Å². The zero-order valence-electron chi connectivity index (χ0n) is 13.2. The molecule has 0 aromatic heterocycles. The van der Waals surface area contributed by atoms with Gasteiger partial charge in [-0.3, -0.25) is 4.79 Å². The molecule has 3 heteroatoms. The van der Waals surface area contributed by atoms with Gasteiger partial charge in [0.05, 0.1) is 0 Å². The molecule has 0 bridgehead atoms. The summed E-state index contributed by atoms with van der Waals surface area (Å²) in [6, 6.07) is 0. The number of aliphatic hydroxyl groups is 1. The number of unbranched alkanes of at least 4 members (excludes halogenated alkanes) is 4. The van der Waals surface area contributed by atoms with E-state index in [-0.39, 0.29) is 0 Å². The molecule has 0 amide bonds. The van der Waals surface area contributed by atoms with Crippen molar-refractivity contribution in [3.63, 3.8) is 0 Å². The second kappa shape index (κ2) is 13.7. The molecule has 0 radical (unpaired) electrons. The molecule has 0 heterocycles. The van der Waals surface area contributed by atoms with E-state index in [4.69, 9.17) is 4.74 Å². The van der Waals surface area contributed by atoms with Gasteiger partial charge in [-0.1, -0.05) is 31.1 Å². The number of aliphatic hydroxyl groups excluding tert-OH is 1. The minimum atomic E-state index is -0.835. The van der Waals surface area contributed by atoms with Crippen molar-refractivity contribution in [3.05, 3.63) is 37.5 Å². The van der Waals surface area contributed by atoms with Crippen molar-refractivity contribution in [2.75, 3.05) is 0 Å². The molecule has 0 saturated heterocycles. The molecular formula is C19H24O3. The highest BCUT2D eigenvalue weighted by Crippen LogP contribution is 2.04. The number of carbonyl (C=O) groups is 1. The summed E-state index contributed by atoms with van der Waals surface area (Å²) in [5.41, 5.74) is 0. The van der Waals surface area contributed by atoms with E-state index in [0.717, 1.165) is 32.1 Å². The fourth-order valence-corrected chi connectivity index (χ4v) is 1.53. The van der Waals surface area contributed by atoms with Crippen LogP contribution in [0.15, 0.2) is 37.5 Å². The van der Waals surface area contributed by atoms with E-state index < -0.39 is 18.2 Å². The lowest BCUT2D eigenvalue weighted by molar-refractivity contribution is -0.142. The maximum Gasteiger partial charge on any atom is 0.304 e. The highest BCUT2D eigenvalue weighted by atomic mass is 16.5. The predicted molar refractivity (Wildman–Crippen MR) is 89.7 cm³/mol. The summed E-state index contributed by atoms with van der Waals surface area (Å²) in [5.74, 6) is 9.84. The van der Waals surface area contributed by atoms with Crippen LogP contribution in [0, 0.1) is 23.7 Å². The van der Waals surface area contributed by atoms with Crippen LogP contribution < -0.4 is 0 Å². The van der Waals surface area contributed by atoms with Crippen LogP contribution >= 0.6 is 0 Å². The Bertz CT molecular complexity index is 494. The standard InChI is InChI=1S/C19H24O3/c1-4-6-7-8-9-10-11-14-18(21)15-12-13-16-19(5-2)22-17(3)20/h4-5,11,14,18-19,21H,1-2,6-10H2,3H3/b14-11-/t18-,19-/m0/s1. The molecule has 0 aliphatic carbocycles. The van der Waals surface area contributed by atoms with E-state index in [0.29, 0.717) is 0 Å². The van der Waals surface area contributed by atoms with E-state index in [1.165, 1.54) is 13.0 Å². The summed E-state index contributed by atoms with van der Waals surface area (Å²) in [6.45, 7) is 8.49. The predicted octanol–water partition coefficient (Wildman–Crippen LogP) is 3.16. The smallest absolute Gasteiger partial charge is 0.304 e. The third-order valence-corrected chi connectivity index (χ3v) is 2.60. The SMILES string of the molecule is C=CCCCCC/C=C\[C@H](O)C#CC#C[C@H](C=C)OC(C)=O. The van der Waals surface area contributed by atoms with Crippen molar-refractivity contribution < 1.29 is 14.6 Å². The van der Waals surface area contributed by atoms with Crippen LogP contribution in [-0.4, -0.2) is 23.3 Å². The van der Waals surface area contributed by atoms with Gasteiger partial charge in [-0.05, 0) is 55.6 Å². The number of carbonyl (C=O) groups excluding carboxylic acids is 1. The number of allylic oxidation sites excluding steroid dienone is 2. The Morgan fingerprint density at radius 1 is 1.18 bits per heavy atom. The molecule has 118 valence electrons. The number of rotatable bonds is 9. The van der Waals surface area contributed by atoms with Gasteiger partial charge >= 0.3 is 5.97 Å².